The quantitative estimate of drug-likeness (QED) is 0.889. The van der Waals surface area contributed by atoms with Gasteiger partial charge in [0.05, 0.1) is 29.0 Å². The molecule has 5 nitrogen and oxygen atoms in total. The number of nitrogens with one attached hydrogen (secondary N) is 1. The van der Waals surface area contributed by atoms with Crippen LogP contribution in [0.1, 0.15) is 24.5 Å². The summed E-state index contributed by atoms with van der Waals surface area (Å²) in [7, 11) is -3.70. The highest BCUT2D eigenvalue weighted by Crippen LogP contribution is 2.17. The van der Waals surface area contributed by atoms with Crippen molar-refractivity contribution in [3.8, 4) is 12.1 Å². The van der Waals surface area contributed by atoms with E-state index in [0.717, 1.165) is 0 Å². The first-order valence-electron chi connectivity index (χ1n) is 5.30. The molecule has 1 N–H and O–H groups in total. The molecule has 0 saturated carbocycles. The van der Waals surface area contributed by atoms with Crippen molar-refractivity contribution in [2.24, 2.45) is 0 Å². The van der Waals surface area contributed by atoms with Gasteiger partial charge in [0.25, 0.3) is 0 Å². The minimum atomic E-state index is -3.70. The zero-order valence-electron chi connectivity index (χ0n) is 10.1. The Kier molecular flexibility index (Phi) is 4.43. The molecule has 0 heterocycles. The van der Waals surface area contributed by atoms with E-state index in [2.05, 4.69) is 4.72 Å². The van der Waals surface area contributed by atoms with Crippen LogP contribution in [0.25, 0.3) is 0 Å². The van der Waals surface area contributed by atoms with Gasteiger partial charge in [0.15, 0.2) is 0 Å². The van der Waals surface area contributed by atoms with Gasteiger partial charge in [-0.05, 0) is 31.5 Å². The summed E-state index contributed by atoms with van der Waals surface area (Å²) in [5, 5.41) is 17.3. The van der Waals surface area contributed by atoms with Crippen LogP contribution in [0, 0.1) is 29.6 Å². The predicted molar refractivity (Wildman–Crippen MR) is 65.9 cm³/mol. The fourth-order valence-electron chi connectivity index (χ4n) is 1.47. The van der Waals surface area contributed by atoms with Crippen molar-refractivity contribution in [3.05, 3.63) is 29.3 Å². The zero-order valence-corrected chi connectivity index (χ0v) is 11.0. The standard InChI is InChI=1S/C12H13N3O2S/c1-9-3-4-11(8-14)7-12(9)18(16,17)15-10(2)5-6-13/h3-4,7,10,15H,5H2,1-2H3. The van der Waals surface area contributed by atoms with Gasteiger partial charge in [-0.15, -0.1) is 0 Å². The Bertz CT molecular complexity index is 624. The molecule has 0 amide bonds. The van der Waals surface area contributed by atoms with Crippen LogP contribution in [0.3, 0.4) is 0 Å². The molecule has 18 heavy (non-hydrogen) atoms. The minimum Gasteiger partial charge on any atom is -0.207 e. The van der Waals surface area contributed by atoms with Crippen molar-refractivity contribution in [2.75, 3.05) is 0 Å². The molecule has 0 fully saturated rings. The number of aryl methyl sites for hydroxylation is 1. The maximum absolute atomic E-state index is 12.1. The summed E-state index contributed by atoms with van der Waals surface area (Å²) in [5.41, 5.74) is 0.847. The molecule has 1 aromatic rings. The lowest BCUT2D eigenvalue weighted by atomic mass is 10.2. The van der Waals surface area contributed by atoms with Gasteiger partial charge in [0, 0.05) is 6.04 Å². The molecule has 0 saturated heterocycles. The average Bonchev–Trinajstić information content (AvgIpc) is 2.29. The molecule has 0 bridgehead atoms. The monoisotopic (exact) mass is 263 g/mol. The van der Waals surface area contributed by atoms with Gasteiger partial charge < -0.3 is 0 Å². The lowest BCUT2D eigenvalue weighted by molar-refractivity contribution is 0.562. The normalized spacial score (nSPS) is 12.4. The number of nitrogens with zero attached hydrogens (tertiary/aromatic N) is 2. The Morgan fingerprint density at radius 2 is 2.06 bits per heavy atom. The number of sulfonamides is 1. The van der Waals surface area contributed by atoms with E-state index in [0.29, 0.717) is 5.56 Å². The van der Waals surface area contributed by atoms with Crippen LogP contribution in [-0.4, -0.2) is 14.5 Å². The van der Waals surface area contributed by atoms with E-state index < -0.39 is 16.1 Å². The van der Waals surface area contributed by atoms with Gasteiger partial charge >= 0.3 is 0 Å². The van der Waals surface area contributed by atoms with Crippen molar-refractivity contribution >= 4 is 10.0 Å². The van der Waals surface area contributed by atoms with Gasteiger partial charge in [0.1, 0.15) is 0 Å². The molecular formula is C12H13N3O2S. The summed E-state index contributed by atoms with van der Waals surface area (Å²) in [5.74, 6) is 0. The van der Waals surface area contributed by atoms with Crippen molar-refractivity contribution in [2.45, 2.75) is 31.2 Å². The molecule has 0 aromatic heterocycles. The molecule has 0 spiro atoms. The number of hydrogen-bond donors (Lipinski definition) is 1. The van der Waals surface area contributed by atoms with Crippen molar-refractivity contribution in [3.63, 3.8) is 0 Å². The van der Waals surface area contributed by atoms with Crippen LogP contribution in [0.15, 0.2) is 23.1 Å². The van der Waals surface area contributed by atoms with Crippen LogP contribution < -0.4 is 4.72 Å². The van der Waals surface area contributed by atoms with Gasteiger partial charge in [-0.1, -0.05) is 6.07 Å². The first-order chi connectivity index (χ1) is 8.40. The highest BCUT2D eigenvalue weighted by molar-refractivity contribution is 7.89. The second-order valence-electron chi connectivity index (χ2n) is 3.98. The van der Waals surface area contributed by atoms with Gasteiger partial charge in [-0.2, -0.15) is 10.5 Å². The van der Waals surface area contributed by atoms with E-state index in [1.54, 1.807) is 26.0 Å². The van der Waals surface area contributed by atoms with Crippen molar-refractivity contribution in [1.29, 1.82) is 10.5 Å². The highest BCUT2D eigenvalue weighted by Gasteiger charge is 2.19. The van der Waals surface area contributed by atoms with Crippen LogP contribution in [0.2, 0.25) is 0 Å². The molecule has 1 atom stereocenters. The Balaban J connectivity index is 3.14. The van der Waals surface area contributed by atoms with E-state index in [4.69, 9.17) is 10.5 Å². The highest BCUT2D eigenvalue weighted by atomic mass is 32.2. The van der Waals surface area contributed by atoms with E-state index >= 15 is 0 Å². The summed E-state index contributed by atoms with van der Waals surface area (Å²) in [6.07, 6.45) is 0.0935. The van der Waals surface area contributed by atoms with Crippen LogP contribution >= 0.6 is 0 Å². The SMILES string of the molecule is Cc1ccc(C#N)cc1S(=O)(=O)NC(C)CC#N. The second-order valence-corrected chi connectivity index (χ2v) is 5.66. The molecule has 0 radical (unpaired) electrons. The van der Waals surface area contributed by atoms with Crippen molar-refractivity contribution in [1.82, 2.24) is 4.72 Å². The summed E-state index contributed by atoms with van der Waals surface area (Å²) < 4.78 is 26.6. The fourth-order valence-corrected chi connectivity index (χ4v) is 2.98. The van der Waals surface area contributed by atoms with E-state index in [-0.39, 0.29) is 16.9 Å². The molecule has 0 aliphatic rings. The van der Waals surface area contributed by atoms with E-state index in [9.17, 15) is 8.42 Å². The number of hydrogen-bond acceptors (Lipinski definition) is 4. The molecule has 94 valence electrons. The maximum Gasteiger partial charge on any atom is 0.241 e. The lowest BCUT2D eigenvalue weighted by Gasteiger charge is -2.13. The second kappa shape index (κ2) is 5.63. The summed E-state index contributed by atoms with van der Waals surface area (Å²) in [4.78, 5) is 0.0753. The molecule has 1 aromatic carbocycles. The third-order valence-corrected chi connectivity index (χ3v) is 4.09. The molecule has 1 unspecified atom stereocenters. The molecular weight excluding hydrogens is 250 g/mol. The largest absolute Gasteiger partial charge is 0.241 e. The van der Waals surface area contributed by atoms with Crippen LogP contribution in [0.4, 0.5) is 0 Å². The summed E-state index contributed by atoms with van der Waals surface area (Å²) in [6, 6.07) is 7.81. The molecule has 1 rings (SSSR count). The Morgan fingerprint density at radius 1 is 1.39 bits per heavy atom. The summed E-state index contributed by atoms with van der Waals surface area (Å²) >= 11 is 0. The molecule has 0 aliphatic heterocycles. The Labute approximate surface area is 107 Å². The van der Waals surface area contributed by atoms with Crippen molar-refractivity contribution < 1.29 is 8.42 Å². The topological polar surface area (TPSA) is 93.8 Å². The van der Waals surface area contributed by atoms with Gasteiger partial charge in [-0.25, -0.2) is 13.1 Å². The van der Waals surface area contributed by atoms with E-state index in [1.807, 2.05) is 12.1 Å². The first kappa shape index (κ1) is 14.2. The van der Waals surface area contributed by atoms with Crippen LogP contribution in [-0.2, 0) is 10.0 Å². The molecule has 6 heteroatoms. The maximum atomic E-state index is 12.1. The fraction of sp³-hybridized carbons (Fsp3) is 0.333. The number of benzene rings is 1. The number of rotatable bonds is 4. The van der Waals surface area contributed by atoms with Gasteiger partial charge in [-0.3, -0.25) is 0 Å². The third kappa shape index (κ3) is 3.30. The number of nitriles is 2. The Morgan fingerprint density at radius 3 is 2.61 bits per heavy atom. The zero-order chi connectivity index (χ0) is 13.8. The lowest BCUT2D eigenvalue weighted by Crippen LogP contribution is -2.32. The average molecular weight is 263 g/mol. The first-order valence-corrected chi connectivity index (χ1v) is 6.79. The van der Waals surface area contributed by atoms with E-state index in [1.165, 1.54) is 6.07 Å². The third-order valence-electron chi connectivity index (χ3n) is 2.36. The van der Waals surface area contributed by atoms with Crippen LogP contribution in [0.5, 0.6) is 0 Å². The molecule has 0 aliphatic carbocycles. The minimum absolute atomic E-state index is 0.0753. The van der Waals surface area contributed by atoms with Gasteiger partial charge in [0.2, 0.25) is 10.0 Å². The summed E-state index contributed by atoms with van der Waals surface area (Å²) in [6.45, 7) is 3.27. The Hall–Kier alpha value is -1.89. The smallest absolute Gasteiger partial charge is 0.207 e. The predicted octanol–water partition coefficient (Wildman–Crippen LogP) is 1.45.